The fraction of sp³-hybridized carbons (Fsp3) is 0.417. The van der Waals surface area contributed by atoms with Crippen LogP contribution in [0.1, 0.15) is 42.9 Å². The summed E-state index contributed by atoms with van der Waals surface area (Å²) in [5.41, 5.74) is 0.206. The summed E-state index contributed by atoms with van der Waals surface area (Å²) in [4.78, 5) is 19.7. The van der Waals surface area contributed by atoms with Crippen LogP contribution in [0.4, 0.5) is 0 Å². The van der Waals surface area contributed by atoms with Crippen molar-refractivity contribution < 1.29 is 22.5 Å². The quantitative estimate of drug-likeness (QED) is 0.668. The molecule has 0 unspecified atom stereocenters. The van der Waals surface area contributed by atoms with Crippen LogP contribution in [0.5, 0.6) is 0 Å². The first-order valence-electron chi connectivity index (χ1n) is 6.29. The van der Waals surface area contributed by atoms with Gasteiger partial charge in [-0.2, -0.15) is 8.42 Å². The van der Waals surface area contributed by atoms with E-state index in [1.807, 2.05) is 0 Å². The summed E-state index contributed by atoms with van der Waals surface area (Å²) in [5.74, 6) is -0.853. The second-order valence-electron chi connectivity index (χ2n) is 4.64. The first kappa shape index (κ1) is 15.4. The summed E-state index contributed by atoms with van der Waals surface area (Å²) < 4.78 is 38.4. The fourth-order valence-electron chi connectivity index (χ4n) is 1.88. The van der Waals surface area contributed by atoms with Crippen LogP contribution in [0.2, 0.25) is 0 Å². The van der Waals surface area contributed by atoms with Crippen LogP contribution in [0, 0.1) is 0 Å². The average Bonchev–Trinajstić information content (AvgIpc) is 2.77. The number of aromatic nitrogens is 3. The predicted octanol–water partition coefficient (Wildman–Crippen LogP) is 1.28. The number of imidazole rings is 1. The number of carbonyl (C=O) groups is 1. The maximum Gasteiger partial charge on any atom is 0.357 e. The Hall–Kier alpha value is -2.00. The molecule has 0 saturated heterocycles. The third-order valence-electron chi connectivity index (χ3n) is 2.75. The second-order valence-corrected chi connectivity index (χ2v) is 5.97. The number of carbonyl (C=O) groups excluding carboxylic acids is 1. The van der Waals surface area contributed by atoms with E-state index in [2.05, 4.69) is 9.97 Å². The average molecular weight is 313 g/mol. The molecule has 0 spiro atoms. The third kappa shape index (κ3) is 2.88. The number of rotatable bonds is 4. The molecule has 0 bridgehead atoms. The predicted molar refractivity (Wildman–Crippen MR) is 72.8 cm³/mol. The molecule has 2 heterocycles. The van der Waals surface area contributed by atoms with Crippen molar-refractivity contribution in [2.24, 2.45) is 0 Å². The van der Waals surface area contributed by atoms with Crippen LogP contribution in [0.15, 0.2) is 17.3 Å². The van der Waals surface area contributed by atoms with Crippen molar-refractivity contribution in [3.63, 3.8) is 0 Å². The lowest BCUT2D eigenvalue weighted by Gasteiger charge is -2.04. The summed E-state index contributed by atoms with van der Waals surface area (Å²) in [5, 5.41) is -0.338. The van der Waals surface area contributed by atoms with Gasteiger partial charge in [0.2, 0.25) is 5.78 Å². The van der Waals surface area contributed by atoms with Crippen molar-refractivity contribution in [2.75, 3.05) is 6.61 Å². The van der Waals surface area contributed by atoms with Crippen molar-refractivity contribution in [3.8, 4) is 0 Å². The van der Waals surface area contributed by atoms with Crippen LogP contribution in [0.3, 0.4) is 0 Å². The zero-order chi connectivity index (χ0) is 15.8. The van der Waals surface area contributed by atoms with E-state index < -0.39 is 16.1 Å². The Morgan fingerprint density at radius 3 is 2.62 bits per heavy atom. The van der Waals surface area contributed by atoms with Gasteiger partial charge in [0, 0.05) is 6.20 Å². The summed E-state index contributed by atoms with van der Waals surface area (Å²) in [6, 6.07) is 1.31. The van der Waals surface area contributed by atoms with Gasteiger partial charge in [-0.05, 0) is 18.9 Å². The van der Waals surface area contributed by atoms with E-state index >= 15 is 0 Å². The molecule has 0 amide bonds. The van der Waals surface area contributed by atoms with Gasteiger partial charge in [0.1, 0.15) is 0 Å². The van der Waals surface area contributed by atoms with Crippen LogP contribution in [-0.2, 0) is 14.9 Å². The van der Waals surface area contributed by atoms with Gasteiger partial charge in [-0.3, -0.25) is 8.95 Å². The monoisotopic (exact) mass is 313 g/mol. The lowest BCUT2D eigenvalue weighted by molar-refractivity contribution is 0.0519. The van der Waals surface area contributed by atoms with E-state index in [9.17, 15) is 17.8 Å². The summed E-state index contributed by atoms with van der Waals surface area (Å²) in [6.45, 7) is 5.35. The van der Waals surface area contributed by atoms with Crippen molar-refractivity contribution in [1.82, 2.24) is 14.4 Å². The number of esters is 1. The molecule has 2 rings (SSSR count). The Morgan fingerprint density at radius 2 is 2.10 bits per heavy atom. The fourth-order valence-corrected chi connectivity index (χ4v) is 2.81. The van der Waals surface area contributed by atoms with Gasteiger partial charge in [-0.25, -0.2) is 14.8 Å². The van der Waals surface area contributed by atoms with E-state index in [-0.39, 0.29) is 34.7 Å². The Morgan fingerprint density at radius 1 is 1.43 bits per heavy atom. The van der Waals surface area contributed by atoms with Gasteiger partial charge >= 0.3 is 16.1 Å². The maximum absolute atomic E-state index is 11.6. The Labute approximate surface area is 121 Å². The van der Waals surface area contributed by atoms with E-state index in [1.54, 1.807) is 20.8 Å². The van der Waals surface area contributed by atoms with Gasteiger partial charge < -0.3 is 4.74 Å². The molecule has 0 saturated carbocycles. The second kappa shape index (κ2) is 5.41. The molecule has 8 nitrogen and oxygen atoms in total. The van der Waals surface area contributed by atoms with Gasteiger partial charge in [-0.15, -0.1) is 0 Å². The molecule has 2 aromatic rings. The molecule has 0 aliphatic carbocycles. The molecule has 1 N–H and O–H groups in total. The largest absolute Gasteiger partial charge is 0.461 e. The van der Waals surface area contributed by atoms with Crippen molar-refractivity contribution in [1.29, 1.82) is 0 Å². The topological polar surface area (TPSA) is 111 Å². The molecule has 0 fully saturated rings. The zero-order valence-corrected chi connectivity index (χ0v) is 12.6. The number of ether oxygens (including phenoxy) is 1. The highest BCUT2D eigenvalue weighted by Gasteiger charge is 2.26. The number of hydrogen-bond acceptors (Lipinski definition) is 6. The van der Waals surface area contributed by atoms with Crippen molar-refractivity contribution >= 4 is 21.9 Å². The first-order valence-corrected chi connectivity index (χ1v) is 7.73. The molecular weight excluding hydrogens is 298 g/mol. The first-order chi connectivity index (χ1) is 9.75. The molecule has 0 atom stereocenters. The molecule has 21 heavy (non-hydrogen) atoms. The highest BCUT2D eigenvalue weighted by molar-refractivity contribution is 7.85. The van der Waals surface area contributed by atoms with Gasteiger partial charge in [0.15, 0.2) is 10.7 Å². The minimum Gasteiger partial charge on any atom is -0.461 e. The standard InChI is InChI=1S/C12H15N3O5S/c1-4-20-11(16)8-5-6-15-10(21(17,18)19)9(7(2)3)14-12(15)13-8/h5-7H,4H2,1-3H3,(H,17,18,19). The minimum atomic E-state index is -4.46. The van der Waals surface area contributed by atoms with E-state index in [1.165, 1.54) is 12.3 Å². The number of fused-ring (bicyclic) bond motifs is 1. The maximum atomic E-state index is 11.6. The smallest absolute Gasteiger partial charge is 0.357 e. The lowest BCUT2D eigenvalue weighted by atomic mass is 10.2. The molecule has 0 aliphatic rings. The zero-order valence-electron chi connectivity index (χ0n) is 11.8. The van der Waals surface area contributed by atoms with Crippen LogP contribution in [-0.4, -0.2) is 39.9 Å². The van der Waals surface area contributed by atoms with Crippen LogP contribution >= 0.6 is 0 Å². The Kier molecular flexibility index (Phi) is 3.97. The SMILES string of the molecule is CCOC(=O)c1ccn2c(S(=O)(=O)O)c(C(C)C)nc2n1. The molecule has 0 aliphatic heterocycles. The van der Waals surface area contributed by atoms with Crippen LogP contribution < -0.4 is 0 Å². The molecule has 2 aromatic heterocycles. The summed E-state index contributed by atoms with van der Waals surface area (Å²) in [7, 11) is -4.46. The molecule has 114 valence electrons. The summed E-state index contributed by atoms with van der Waals surface area (Å²) in [6.07, 6.45) is 1.32. The van der Waals surface area contributed by atoms with Gasteiger partial charge in [-0.1, -0.05) is 13.8 Å². The Bertz CT molecular complexity index is 795. The van der Waals surface area contributed by atoms with Crippen molar-refractivity contribution in [2.45, 2.75) is 31.7 Å². The third-order valence-corrected chi connectivity index (χ3v) is 3.65. The number of hydrogen-bond donors (Lipinski definition) is 1. The van der Waals surface area contributed by atoms with Gasteiger partial charge in [0.05, 0.1) is 12.3 Å². The highest BCUT2D eigenvalue weighted by atomic mass is 32.2. The molecule has 0 aromatic carbocycles. The minimum absolute atomic E-state index is 0.0110. The Balaban J connectivity index is 2.69. The van der Waals surface area contributed by atoms with Crippen LogP contribution in [0.25, 0.3) is 5.78 Å². The van der Waals surface area contributed by atoms with E-state index in [4.69, 9.17) is 4.74 Å². The highest BCUT2D eigenvalue weighted by Crippen LogP contribution is 2.24. The van der Waals surface area contributed by atoms with Crippen molar-refractivity contribution in [3.05, 3.63) is 23.7 Å². The summed E-state index contributed by atoms with van der Waals surface area (Å²) >= 11 is 0. The van der Waals surface area contributed by atoms with E-state index in [0.29, 0.717) is 0 Å². The molecular formula is C12H15N3O5S. The van der Waals surface area contributed by atoms with E-state index in [0.717, 1.165) is 4.40 Å². The normalized spacial score (nSPS) is 12.0. The van der Waals surface area contributed by atoms with Gasteiger partial charge in [0.25, 0.3) is 0 Å². The molecule has 9 heteroatoms. The molecule has 0 radical (unpaired) electrons. The number of nitrogens with zero attached hydrogens (tertiary/aromatic N) is 3. The lowest BCUT2D eigenvalue weighted by Crippen LogP contribution is -2.10.